The highest BCUT2D eigenvalue weighted by molar-refractivity contribution is 6.30. The van der Waals surface area contributed by atoms with E-state index in [4.69, 9.17) is 16.0 Å². The number of rotatable bonds is 5. The lowest BCUT2D eigenvalue weighted by molar-refractivity contribution is -0.117. The quantitative estimate of drug-likeness (QED) is 0.819. The van der Waals surface area contributed by atoms with E-state index in [1.165, 1.54) is 12.5 Å². The first-order valence-electron chi connectivity index (χ1n) is 7.50. The summed E-state index contributed by atoms with van der Waals surface area (Å²) < 4.78 is 5.19. The molecule has 1 heterocycles. The maximum Gasteiger partial charge on any atom is 0.244 e. The minimum atomic E-state index is -0.108. The molecule has 4 heteroatoms. The number of carbonyl (C=O) groups is 1. The average Bonchev–Trinajstić information content (AvgIpc) is 2.97. The van der Waals surface area contributed by atoms with Crippen LogP contribution in [-0.4, -0.2) is 5.91 Å². The van der Waals surface area contributed by atoms with Crippen LogP contribution < -0.4 is 5.32 Å². The van der Waals surface area contributed by atoms with E-state index in [0.717, 1.165) is 18.4 Å². The molecule has 22 heavy (non-hydrogen) atoms. The molecule has 0 aliphatic heterocycles. The summed E-state index contributed by atoms with van der Waals surface area (Å²) in [6.07, 6.45) is 8.30. The average molecular weight is 316 g/mol. The van der Waals surface area contributed by atoms with Gasteiger partial charge in [0.25, 0.3) is 0 Å². The van der Waals surface area contributed by atoms with Gasteiger partial charge in [0.05, 0.1) is 12.3 Å². The van der Waals surface area contributed by atoms with Crippen molar-refractivity contribution in [1.82, 2.24) is 5.32 Å². The van der Waals surface area contributed by atoms with Crippen molar-refractivity contribution in [3.05, 3.63) is 65.1 Å². The van der Waals surface area contributed by atoms with Crippen LogP contribution in [0.2, 0.25) is 5.02 Å². The topological polar surface area (TPSA) is 42.2 Å². The molecular formula is C18H18ClNO2. The lowest BCUT2D eigenvalue weighted by Crippen LogP contribution is -2.35. The first-order valence-corrected chi connectivity index (χ1v) is 7.88. The van der Waals surface area contributed by atoms with E-state index in [2.05, 4.69) is 5.32 Å². The fraction of sp³-hybridized carbons (Fsp3) is 0.278. The van der Waals surface area contributed by atoms with Gasteiger partial charge in [-0.15, -0.1) is 0 Å². The van der Waals surface area contributed by atoms with Gasteiger partial charge in [-0.1, -0.05) is 30.2 Å². The first-order chi connectivity index (χ1) is 10.7. The van der Waals surface area contributed by atoms with E-state index >= 15 is 0 Å². The second kappa shape index (κ2) is 6.84. The van der Waals surface area contributed by atoms with Gasteiger partial charge in [-0.3, -0.25) is 4.79 Å². The molecule has 1 N–H and O–H groups in total. The number of hydrogen-bond donors (Lipinski definition) is 1. The third kappa shape index (κ3) is 3.60. The Hall–Kier alpha value is -2.00. The molecule has 0 spiro atoms. The Morgan fingerprint density at radius 1 is 1.27 bits per heavy atom. The summed E-state index contributed by atoms with van der Waals surface area (Å²) in [7, 11) is 0. The van der Waals surface area contributed by atoms with Crippen LogP contribution in [0.25, 0.3) is 6.08 Å². The van der Waals surface area contributed by atoms with Crippen molar-refractivity contribution >= 4 is 23.6 Å². The molecule has 0 saturated heterocycles. The molecule has 0 bridgehead atoms. The summed E-state index contributed by atoms with van der Waals surface area (Å²) >= 11 is 5.95. The summed E-state index contributed by atoms with van der Waals surface area (Å²) in [5.41, 5.74) is 1.11. The Labute approximate surface area is 135 Å². The van der Waals surface area contributed by atoms with Gasteiger partial charge in [0, 0.05) is 11.1 Å². The standard InChI is InChI=1S/C18H18ClNO2/c19-15-8-6-14(7-9-15)18(13-3-1-4-13)20-17(21)11-10-16-5-2-12-22-16/h2,5-13,18H,1,3-4H2,(H,20,21). The molecule has 1 aliphatic rings. The smallest absolute Gasteiger partial charge is 0.244 e. The third-order valence-corrected chi connectivity index (χ3v) is 4.34. The Kier molecular flexibility index (Phi) is 4.64. The van der Waals surface area contributed by atoms with E-state index in [-0.39, 0.29) is 11.9 Å². The largest absolute Gasteiger partial charge is 0.465 e. The van der Waals surface area contributed by atoms with Gasteiger partial charge >= 0.3 is 0 Å². The van der Waals surface area contributed by atoms with Gasteiger partial charge in [-0.25, -0.2) is 0 Å². The molecule has 1 fully saturated rings. The number of nitrogens with one attached hydrogen (secondary N) is 1. The number of benzene rings is 1. The summed E-state index contributed by atoms with van der Waals surface area (Å²) in [4.78, 5) is 12.2. The normalized spacial score (nSPS) is 16.4. The van der Waals surface area contributed by atoms with E-state index in [9.17, 15) is 4.79 Å². The van der Waals surface area contributed by atoms with Gasteiger partial charge in [-0.05, 0) is 54.7 Å². The molecule has 1 aliphatic carbocycles. The summed E-state index contributed by atoms with van der Waals surface area (Å²) in [6.45, 7) is 0. The Balaban J connectivity index is 1.70. The van der Waals surface area contributed by atoms with Crippen LogP contribution in [0.3, 0.4) is 0 Å². The molecule has 0 radical (unpaired) electrons. The van der Waals surface area contributed by atoms with E-state index < -0.39 is 0 Å². The van der Waals surface area contributed by atoms with E-state index in [0.29, 0.717) is 16.7 Å². The first kappa shape index (κ1) is 14.9. The van der Waals surface area contributed by atoms with E-state index in [1.807, 2.05) is 30.3 Å². The summed E-state index contributed by atoms with van der Waals surface area (Å²) in [5, 5.41) is 3.82. The van der Waals surface area contributed by atoms with Crippen LogP contribution in [-0.2, 0) is 4.79 Å². The molecule has 3 rings (SSSR count). The fourth-order valence-corrected chi connectivity index (χ4v) is 2.79. The van der Waals surface area contributed by atoms with Crippen LogP contribution in [0.1, 0.15) is 36.6 Å². The third-order valence-electron chi connectivity index (χ3n) is 4.09. The van der Waals surface area contributed by atoms with Crippen molar-refractivity contribution in [2.24, 2.45) is 5.92 Å². The highest BCUT2D eigenvalue weighted by atomic mass is 35.5. The molecule has 1 atom stereocenters. The van der Waals surface area contributed by atoms with Gasteiger partial charge in [0.15, 0.2) is 0 Å². The molecule has 1 unspecified atom stereocenters. The highest BCUT2D eigenvalue weighted by Gasteiger charge is 2.29. The minimum Gasteiger partial charge on any atom is -0.465 e. The monoisotopic (exact) mass is 315 g/mol. The number of halogens is 1. The SMILES string of the molecule is O=C(C=Cc1ccco1)NC(c1ccc(Cl)cc1)C1CCC1. The zero-order valence-electron chi connectivity index (χ0n) is 12.2. The van der Waals surface area contributed by atoms with Gasteiger partial charge < -0.3 is 9.73 Å². The van der Waals surface area contributed by atoms with Gasteiger partial charge in [-0.2, -0.15) is 0 Å². The minimum absolute atomic E-state index is 0.0415. The summed E-state index contributed by atoms with van der Waals surface area (Å²) in [6, 6.07) is 11.4. The van der Waals surface area contributed by atoms with Crippen LogP contribution >= 0.6 is 11.6 Å². The lowest BCUT2D eigenvalue weighted by Gasteiger charge is -2.34. The lowest BCUT2D eigenvalue weighted by atomic mass is 9.77. The predicted molar refractivity (Wildman–Crippen MR) is 87.4 cm³/mol. The van der Waals surface area contributed by atoms with Crippen molar-refractivity contribution in [2.45, 2.75) is 25.3 Å². The second-order valence-corrected chi connectivity index (χ2v) is 6.01. The molecule has 1 saturated carbocycles. The van der Waals surface area contributed by atoms with Crippen molar-refractivity contribution in [1.29, 1.82) is 0 Å². The molecule has 114 valence electrons. The number of amides is 1. The fourth-order valence-electron chi connectivity index (χ4n) is 2.66. The molecule has 2 aromatic rings. The Morgan fingerprint density at radius 2 is 2.05 bits per heavy atom. The zero-order chi connectivity index (χ0) is 15.4. The van der Waals surface area contributed by atoms with Crippen molar-refractivity contribution in [2.75, 3.05) is 0 Å². The van der Waals surface area contributed by atoms with Crippen LogP contribution in [0, 0.1) is 5.92 Å². The second-order valence-electron chi connectivity index (χ2n) is 5.58. The van der Waals surface area contributed by atoms with Crippen molar-refractivity contribution in [3.8, 4) is 0 Å². The number of carbonyl (C=O) groups excluding carboxylic acids is 1. The zero-order valence-corrected chi connectivity index (χ0v) is 12.9. The molecular weight excluding hydrogens is 298 g/mol. The molecule has 1 aromatic heterocycles. The summed E-state index contributed by atoms with van der Waals surface area (Å²) in [5.74, 6) is 1.06. The predicted octanol–water partition coefficient (Wildman–Crippen LogP) is 4.60. The molecule has 1 aromatic carbocycles. The van der Waals surface area contributed by atoms with Crippen molar-refractivity contribution < 1.29 is 9.21 Å². The van der Waals surface area contributed by atoms with Crippen molar-refractivity contribution in [3.63, 3.8) is 0 Å². The van der Waals surface area contributed by atoms with Crippen LogP contribution in [0.4, 0.5) is 0 Å². The van der Waals surface area contributed by atoms with Gasteiger partial charge in [0.2, 0.25) is 5.91 Å². The highest BCUT2D eigenvalue weighted by Crippen LogP contribution is 2.38. The Morgan fingerprint density at radius 3 is 2.64 bits per heavy atom. The molecule has 1 amide bonds. The van der Waals surface area contributed by atoms with Crippen LogP contribution in [0.5, 0.6) is 0 Å². The van der Waals surface area contributed by atoms with Gasteiger partial charge in [0.1, 0.15) is 5.76 Å². The maximum atomic E-state index is 12.2. The maximum absolute atomic E-state index is 12.2. The number of furan rings is 1. The van der Waals surface area contributed by atoms with E-state index in [1.54, 1.807) is 18.4 Å². The molecule has 3 nitrogen and oxygen atoms in total. The number of hydrogen-bond acceptors (Lipinski definition) is 2. The van der Waals surface area contributed by atoms with Crippen LogP contribution in [0.15, 0.2) is 53.2 Å². The Bertz CT molecular complexity index is 642.